The van der Waals surface area contributed by atoms with Crippen LogP contribution >= 0.6 is 0 Å². The zero-order chi connectivity index (χ0) is 19.3. The van der Waals surface area contributed by atoms with Crippen LogP contribution in [0.2, 0.25) is 0 Å². The van der Waals surface area contributed by atoms with E-state index in [0.29, 0.717) is 43.0 Å². The van der Waals surface area contributed by atoms with Crippen molar-refractivity contribution in [3.8, 4) is 5.88 Å². The summed E-state index contributed by atoms with van der Waals surface area (Å²) in [5.74, 6) is -0.185. The highest BCUT2D eigenvalue weighted by atomic mass is 19.1. The number of ether oxygens (including phenoxy) is 1. The second-order valence-corrected chi connectivity index (χ2v) is 7.18. The van der Waals surface area contributed by atoms with Crippen molar-refractivity contribution in [1.82, 2.24) is 24.3 Å². The van der Waals surface area contributed by atoms with E-state index in [4.69, 9.17) is 4.74 Å². The summed E-state index contributed by atoms with van der Waals surface area (Å²) in [6.07, 6.45) is 7.13. The highest BCUT2D eigenvalue weighted by molar-refractivity contribution is 5.25. The quantitative estimate of drug-likeness (QED) is 0.690. The Bertz CT molecular complexity index is 1060. The summed E-state index contributed by atoms with van der Waals surface area (Å²) >= 11 is 0. The smallest absolute Gasteiger partial charge is 0.346 e. The lowest BCUT2D eigenvalue weighted by Gasteiger charge is -2.34. The molecule has 0 spiro atoms. The minimum atomic E-state index is -0.646. The maximum atomic E-state index is 13.6. The molecule has 9 heteroatoms. The summed E-state index contributed by atoms with van der Waals surface area (Å²) in [6.45, 7) is 0. The van der Waals surface area contributed by atoms with Gasteiger partial charge in [0.2, 0.25) is 5.88 Å². The third kappa shape index (κ3) is 2.87. The Hall–Kier alpha value is -3.10. The molecule has 0 bridgehead atoms. The summed E-state index contributed by atoms with van der Waals surface area (Å²) in [5.41, 5.74) is 0.209. The Kier molecular flexibility index (Phi) is 3.96. The van der Waals surface area contributed by atoms with E-state index in [1.165, 1.54) is 16.8 Å². The normalized spacial score (nSPS) is 23.3. The Morgan fingerprint density at radius 1 is 1.11 bits per heavy atom. The molecule has 1 fully saturated rings. The fourth-order valence-corrected chi connectivity index (χ4v) is 3.99. The molecule has 2 aromatic heterocycles. The highest BCUT2D eigenvalue weighted by Gasteiger charge is 2.38. The van der Waals surface area contributed by atoms with Gasteiger partial charge in [-0.3, -0.25) is 9.55 Å². The summed E-state index contributed by atoms with van der Waals surface area (Å²) in [7, 11) is 0. The maximum absolute atomic E-state index is 13.6. The van der Waals surface area contributed by atoms with Crippen molar-refractivity contribution >= 4 is 0 Å². The molecule has 144 valence electrons. The zero-order valence-electron chi connectivity index (χ0n) is 14.8. The van der Waals surface area contributed by atoms with Crippen molar-refractivity contribution in [2.75, 3.05) is 0 Å². The van der Waals surface area contributed by atoms with Gasteiger partial charge in [0.1, 0.15) is 23.6 Å². The van der Waals surface area contributed by atoms with E-state index in [1.54, 1.807) is 23.2 Å². The van der Waals surface area contributed by atoms with Crippen LogP contribution in [0, 0.1) is 11.6 Å². The molecular formula is C19H17F2N5O2. The standard InChI is InChI=1S/C19H17F2N5O2/c20-12-5-11(6-13(21)7-12)16-1-2-17-24-26(19(27)25(16)17)14-8-15(9-14)28-18-10-22-3-4-23-18/h3-7,10,14-16H,1-2,8-9H2/t14?,15?,16-/m0/s1. The predicted octanol–water partition coefficient (Wildman–Crippen LogP) is 2.43. The lowest BCUT2D eigenvalue weighted by atomic mass is 9.89. The van der Waals surface area contributed by atoms with Gasteiger partial charge in [-0.05, 0) is 24.1 Å². The van der Waals surface area contributed by atoms with Gasteiger partial charge < -0.3 is 4.74 Å². The van der Waals surface area contributed by atoms with Gasteiger partial charge in [0.05, 0.1) is 18.3 Å². The number of halogens is 2. The lowest BCUT2D eigenvalue weighted by molar-refractivity contribution is 0.0581. The highest BCUT2D eigenvalue weighted by Crippen LogP contribution is 2.35. The summed E-state index contributed by atoms with van der Waals surface area (Å²) in [6, 6.07) is 2.93. The van der Waals surface area contributed by atoms with Crippen LogP contribution in [0.1, 0.15) is 42.7 Å². The van der Waals surface area contributed by atoms with E-state index in [9.17, 15) is 13.6 Å². The molecule has 1 aliphatic heterocycles. The van der Waals surface area contributed by atoms with Crippen molar-refractivity contribution in [3.63, 3.8) is 0 Å². The molecule has 0 amide bonds. The summed E-state index contributed by atoms with van der Waals surface area (Å²) in [4.78, 5) is 21.0. The molecule has 0 N–H and O–H groups in total. The van der Waals surface area contributed by atoms with Gasteiger partial charge in [0, 0.05) is 37.7 Å². The first-order valence-electron chi connectivity index (χ1n) is 9.17. The Balaban J connectivity index is 1.35. The minimum Gasteiger partial charge on any atom is -0.473 e. The van der Waals surface area contributed by atoms with Crippen LogP contribution in [0.15, 0.2) is 41.6 Å². The van der Waals surface area contributed by atoms with Gasteiger partial charge >= 0.3 is 5.69 Å². The van der Waals surface area contributed by atoms with E-state index in [-0.39, 0.29) is 17.8 Å². The first-order chi connectivity index (χ1) is 13.6. The van der Waals surface area contributed by atoms with Gasteiger partial charge in [0.15, 0.2) is 0 Å². The summed E-state index contributed by atoms with van der Waals surface area (Å²) in [5, 5.41) is 4.47. The molecule has 7 nitrogen and oxygen atoms in total. The van der Waals surface area contributed by atoms with E-state index >= 15 is 0 Å². The van der Waals surface area contributed by atoms with Crippen molar-refractivity contribution in [1.29, 1.82) is 0 Å². The van der Waals surface area contributed by atoms with E-state index in [2.05, 4.69) is 15.1 Å². The molecule has 2 aliphatic rings. The average molecular weight is 385 g/mol. The second kappa shape index (κ2) is 6.50. The van der Waals surface area contributed by atoms with Crippen LogP contribution in [0.4, 0.5) is 8.78 Å². The number of benzene rings is 1. The van der Waals surface area contributed by atoms with E-state index in [1.807, 2.05) is 0 Å². The molecule has 1 saturated carbocycles. The third-order valence-corrected chi connectivity index (χ3v) is 5.37. The van der Waals surface area contributed by atoms with Crippen LogP contribution in [0.25, 0.3) is 0 Å². The SMILES string of the molecule is O=c1n(C2CC(Oc3cnccn3)C2)nc2n1[C@H](c1cc(F)cc(F)c1)CC2. The van der Waals surface area contributed by atoms with Gasteiger partial charge in [-0.25, -0.2) is 23.2 Å². The Labute approximate surface area is 158 Å². The van der Waals surface area contributed by atoms with Crippen LogP contribution in [0.5, 0.6) is 5.88 Å². The van der Waals surface area contributed by atoms with Gasteiger partial charge in [-0.15, -0.1) is 0 Å². The molecule has 1 atom stereocenters. The number of aryl methyl sites for hydroxylation is 1. The molecule has 3 aromatic rings. The van der Waals surface area contributed by atoms with Crippen LogP contribution in [0.3, 0.4) is 0 Å². The number of aromatic nitrogens is 5. The predicted molar refractivity (Wildman–Crippen MR) is 94.0 cm³/mol. The van der Waals surface area contributed by atoms with Crippen LogP contribution in [-0.2, 0) is 6.42 Å². The molecule has 0 unspecified atom stereocenters. The van der Waals surface area contributed by atoms with Gasteiger partial charge in [0.25, 0.3) is 0 Å². The maximum Gasteiger partial charge on any atom is 0.346 e. The number of fused-ring (bicyclic) bond motifs is 1. The van der Waals surface area contributed by atoms with Gasteiger partial charge in [-0.2, -0.15) is 5.10 Å². The number of nitrogens with zero attached hydrogens (tertiary/aromatic N) is 5. The Morgan fingerprint density at radius 3 is 2.61 bits per heavy atom. The average Bonchev–Trinajstić information content (AvgIpc) is 3.18. The largest absolute Gasteiger partial charge is 0.473 e. The third-order valence-electron chi connectivity index (χ3n) is 5.37. The number of hydrogen-bond acceptors (Lipinski definition) is 5. The van der Waals surface area contributed by atoms with E-state index < -0.39 is 17.7 Å². The number of rotatable bonds is 4. The van der Waals surface area contributed by atoms with Crippen LogP contribution < -0.4 is 10.4 Å². The first kappa shape index (κ1) is 17.0. The van der Waals surface area contributed by atoms with Crippen molar-refractivity contribution in [2.45, 2.75) is 43.9 Å². The summed E-state index contributed by atoms with van der Waals surface area (Å²) < 4.78 is 36.0. The molecule has 1 aliphatic carbocycles. The molecule has 28 heavy (non-hydrogen) atoms. The number of hydrogen-bond donors (Lipinski definition) is 0. The molecule has 0 radical (unpaired) electrons. The lowest BCUT2D eigenvalue weighted by Crippen LogP contribution is -2.41. The van der Waals surface area contributed by atoms with E-state index in [0.717, 1.165) is 6.07 Å². The van der Waals surface area contributed by atoms with Crippen molar-refractivity contribution < 1.29 is 13.5 Å². The molecular weight excluding hydrogens is 368 g/mol. The monoisotopic (exact) mass is 385 g/mol. The first-order valence-corrected chi connectivity index (χ1v) is 9.17. The van der Waals surface area contributed by atoms with Crippen LogP contribution in [-0.4, -0.2) is 30.4 Å². The molecule has 0 saturated heterocycles. The molecule has 5 rings (SSSR count). The zero-order valence-corrected chi connectivity index (χ0v) is 14.8. The molecule has 3 heterocycles. The van der Waals surface area contributed by atoms with Gasteiger partial charge in [-0.1, -0.05) is 0 Å². The second-order valence-electron chi connectivity index (χ2n) is 7.18. The van der Waals surface area contributed by atoms with Crippen molar-refractivity contribution in [2.24, 2.45) is 0 Å². The Morgan fingerprint density at radius 2 is 1.89 bits per heavy atom. The minimum absolute atomic E-state index is 0.0433. The topological polar surface area (TPSA) is 74.8 Å². The molecule has 1 aromatic carbocycles. The fourth-order valence-electron chi connectivity index (χ4n) is 3.99. The van der Waals surface area contributed by atoms with Crippen molar-refractivity contribution in [3.05, 3.63) is 70.3 Å². The fraction of sp³-hybridized carbons (Fsp3) is 0.368.